The Balaban J connectivity index is 1.13. The molecular weight excluding hydrogens is 497 g/mol. The van der Waals surface area contributed by atoms with Gasteiger partial charge in [-0.15, -0.1) is 0 Å². The number of nitrogens with zero attached hydrogens (tertiary/aromatic N) is 3. The fourth-order valence-electron chi connectivity index (χ4n) is 10.5. The molecule has 5 aliphatic carbocycles. The van der Waals surface area contributed by atoms with Crippen LogP contribution in [0.4, 0.5) is 0 Å². The number of aromatic nitrogens is 2. The molecule has 1 aromatic heterocycles. The van der Waals surface area contributed by atoms with Crippen LogP contribution in [-0.2, 0) is 4.57 Å². The van der Waals surface area contributed by atoms with E-state index in [1.807, 2.05) is 28.8 Å². The molecule has 8 heteroatoms. The zero-order valence-electron chi connectivity index (χ0n) is 21.9. The highest BCUT2D eigenvalue weighted by Crippen LogP contribution is 2.78. The third-order valence-electron chi connectivity index (χ3n) is 11.7. The number of piperidine rings is 2. The van der Waals surface area contributed by atoms with Crippen molar-refractivity contribution in [2.75, 3.05) is 0 Å². The predicted octanol–water partition coefficient (Wildman–Crippen LogP) is 5.32. The molecule has 2 aliphatic heterocycles. The Morgan fingerprint density at radius 1 is 0.947 bits per heavy atom. The van der Waals surface area contributed by atoms with E-state index in [4.69, 9.17) is 0 Å². The average Bonchev–Trinajstić information content (AvgIpc) is 3.30. The SMILES string of the molecule is O=c1c(/C=C/P(=O)(O)O)nc2ccccc2n1C1C[C@H]2CCC[C@@H](C1)N2[C@@H]1C[C@H]2C[C@H]3C[C@@H](C1)C1CC13C2. The maximum atomic E-state index is 13.7. The van der Waals surface area contributed by atoms with Gasteiger partial charge in [0.1, 0.15) is 5.69 Å². The molecule has 2 N–H and O–H groups in total. The van der Waals surface area contributed by atoms with Gasteiger partial charge >= 0.3 is 7.60 Å². The van der Waals surface area contributed by atoms with Gasteiger partial charge in [0.25, 0.3) is 5.56 Å². The van der Waals surface area contributed by atoms with E-state index in [2.05, 4.69) is 9.88 Å². The van der Waals surface area contributed by atoms with Crippen LogP contribution in [0.3, 0.4) is 0 Å². The molecule has 7 aliphatic rings. The highest BCUT2D eigenvalue weighted by molar-refractivity contribution is 7.55. The minimum atomic E-state index is -4.39. The second kappa shape index (κ2) is 8.36. The highest BCUT2D eigenvalue weighted by Gasteiger charge is 2.70. The summed E-state index contributed by atoms with van der Waals surface area (Å²) in [7, 11) is -4.39. The van der Waals surface area contributed by atoms with E-state index in [-0.39, 0.29) is 17.3 Å². The molecule has 9 rings (SSSR count). The Labute approximate surface area is 223 Å². The molecule has 2 aromatic rings. The summed E-state index contributed by atoms with van der Waals surface area (Å²) in [6, 6.07) is 9.48. The largest absolute Gasteiger partial charge is 0.349 e. The molecule has 3 unspecified atom stereocenters. The Kier molecular flexibility index (Phi) is 5.29. The average molecular weight is 536 g/mol. The van der Waals surface area contributed by atoms with E-state index in [1.165, 1.54) is 63.9 Å². The third-order valence-corrected chi connectivity index (χ3v) is 12.2. The number of hydrogen-bond donors (Lipinski definition) is 2. The Hall–Kier alpha value is -1.79. The van der Waals surface area contributed by atoms with E-state index in [0.29, 0.717) is 23.6 Å². The van der Waals surface area contributed by atoms with Gasteiger partial charge in [-0.1, -0.05) is 18.6 Å². The summed E-state index contributed by atoms with van der Waals surface area (Å²) in [6.45, 7) is 0. The van der Waals surface area contributed by atoms with E-state index in [1.54, 1.807) is 0 Å². The topological polar surface area (TPSA) is 95.7 Å². The van der Waals surface area contributed by atoms with Crippen LogP contribution < -0.4 is 5.56 Å². The van der Waals surface area contributed by atoms with Crippen LogP contribution in [0, 0.1) is 29.1 Å². The lowest BCUT2D eigenvalue weighted by atomic mass is 9.76. The summed E-state index contributed by atoms with van der Waals surface area (Å²) >= 11 is 0. The molecule has 2 saturated heterocycles. The molecule has 1 spiro atoms. The molecule has 6 bridgehead atoms. The number of rotatable bonds is 4. The van der Waals surface area contributed by atoms with Crippen molar-refractivity contribution in [1.29, 1.82) is 0 Å². The van der Waals surface area contributed by atoms with Gasteiger partial charge in [0, 0.05) is 30.0 Å². The maximum absolute atomic E-state index is 13.7. The third kappa shape index (κ3) is 3.68. The number of benzene rings is 1. The van der Waals surface area contributed by atoms with Gasteiger partial charge in [-0.05, 0) is 112 Å². The molecule has 9 atom stereocenters. The van der Waals surface area contributed by atoms with Crippen LogP contribution in [0.25, 0.3) is 17.1 Å². The summed E-state index contributed by atoms with van der Waals surface area (Å²) in [4.78, 5) is 39.9. The quantitative estimate of drug-likeness (QED) is 0.515. The highest BCUT2D eigenvalue weighted by atomic mass is 31.2. The smallest absolute Gasteiger partial charge is 0.321 e. The molecule has 202 valence electrons. The predicted molar refractivity (Wildman–Crippen MR) is 147 cm³/mol. The summed E-state index contributed by atoms with van der Waals surface area (Å²) in [6.07, 6.45) is 15.6. The lowest BCUT2D eigenvalue weighted by Gasteiger charge is -2.54. The van der Waals surface area contributed by atoms with Gasteiger partial charge in [-0.2, -0.15) is 0 Å². The minimum Gasteiger partial charge on any atom is -0.321 e. The maximum Gasteiger partial charge on any atom is 0.349 e. The van der Waals surface area contributed by atoms with E-state index in [9.17, 15) is 19.1 Å². The standard InChI is InChI=1S/C30H38N3O4P/c34-29-27(8-9-38(35,36)37)31-26-6-1-2-7-28(26)33(29)24-14-21-4-3-5-22(15-24)32(21)23-11-18-10-20-12-19(13-23)25-17-30(20,25)16-18/h1-2,6-9,18-25H,3-5,10-17H2,(H2,35,36,37)/b9-8+/t18-,19+,20+,21-,22+,23-,24?,25?,30?/m1/s1. The number of fused-ring (bicyclic) bond motifs is 6. The zero-order chi connectivity index (χ0) is 25.8. The van der Waals surface area contributed by atoms with Crippen molar-refractivity contribution in [3.8, 4) is 0 Å². The van der Waals surface area contributed by atoms with Crippen LogP contribution in [0.2, 0.25) is 0 Å². The zero-order valence-corrected chi connectivity index (χ0v) is 22.8. The van der Waals surface area contributed by atoms with Crippen molar-refractivity contribution in [2.45, 2.75) is 94.8 Å². The molecule has 38 heavy (non-hydrogen) atoms. The minimum absolute atomic E-state index is 0.0772. The van der Waals surface area contributed by atoms with Crippen molar-refractivity contribution >= 4 is 24.7 Å². The summed E-state index contributed by atoms with van der Waals surface area (Å²) in [5, 5.41) is 0. The van der Waals surface area contributed by atoms with Crippen LogP contribution in [-0.4, -0.2) is 42.4 Å². The first-order chi connectivity index (χ1) is 18.3. The molecule has 1 aromatic carbocycles. The fraction of sp³-hybridized carbons (Fsp3) is 0.667. The van der Waals surface area contributed by atoms with Crippen LogP contribution in [0.1, 0.15) is 82.4 Å². The lowest BCUT2D eigenvalue weighted by Crippen LogP contribution is -2.58. The van der Waals surface area contributed by atoms with Crippen molar-refractivity contribution in [3.63, 3.8) is 0 Å². The van der Waals surface area contributed by atoms with Crippen LogP contribution >= 0.6 is 7.60 Å². The molecular formula is C30H38N3O4P. The van der Waals surface area contributed by atoms with E-state index < -0.39 is 7.60 Å². The van der Waals surface area contributed by atoms with Gasteiger partial charge in [0.05, 0.1) is 11.0 Å². The lowest BCUT2D eigenvalue weighted by molar-refractivity contribution is -0.0351. The summed E-state index contributed by atoms with van der Waals surface area (Å²) in [5.41, 5.74) is 2.16. The molecule has 0 radical (unpaired) electrons. The Morgan fingerprint density at radius 3 is 2.50 bits per heavy atom. The monoisotopic (exact) mass is 535 g/mol. The second-order valence-corrected chi connectivity index (χ2v) is 15.0. The van der Waals surface area contributed by atoms with Crippen LogP contribution in [0.5, 0.6) is 0 Å². The molecule has 5 saturated carbocycles. The summed E-state index contributed by atoms with van der Waals surface area (Å²) in [5.74, 6) is 4.72. The Bertz CT molecular complexity index is 1420. The van der Waals surface area contributed by atoms with E-state index in [0.717, 1.165) is 53.3 Å². The van der Waals surface area contributed by atoms with E-state index >= 15 is 0 Å². The van der Waals surface area contributed by atoms with Crippen molar-refractivity contribution < 1.29 is 14.4 Å². The van der Waals surface area contributed by atoms with Crippen molar-refractivity contribution in [3.05, 3.63) is 46.1 Å². The molecule has 7 nitrogen and oxygen atoms in total. The first-order valence-electron chi connectivity index (χ1n) is 14.8. The van der Waals surface area contributed by atoms with Crippen LogP contribution in [0.15, 0.2) is 34.9 Å². The van der Waals surface area contributed by atoms with Crippen molar-refractivity contribution in [2.24, 2.45) is 29.1 Å². The fourth-order valence-corrected chi connectivity index (χ4v) is 10.8. The van der Waals surface area contributed by atoms with Gasteiger partial charge < -0.3 is 14.4 Å². The van der Waals surface area contributed by atoms with Gasteiger partial charge in [0.15, 0.2) is 0 Å². The van der Waals surface area contributed by atoms with Crippen molar-refractivity contribution in [1.82, 2.24) is 14.5 Å². The first-order valence-corrected chi connectivity index (χ1v) is 16.5. The first kappa shape index (κ1) is 24.0. The summed E-state index contributed by atoms with van der Waals surface area (Å²) < 4.78 is 13.4. The Morgan fingerprint density at radius 2 is 1.74 bits per heavy atom. The number of hydrogen-bond acceptors (Lipinski definition) is 4. The molecule has 0 amide bonds. The normalized spacial score (nSPS) is 41.9. The van der Waals surface area contributed by atoms with Gasteiger partial charge in [-0.25, -0.2) is 4.98 Å². The second-order valence-electron chi connectivity index (χ2n) is 13.5. The molecule has 3 heterocycles. The molecule has 7 fully saturated rings. The van der Waals surface area contributed by atoms with Gasteiger partial charge in [0.2, 0.25) is 0 Å². The van der Waals surface area contributed by atoms with Gasteiger partial charge in [-0.3, -0.25) is 14.3 Å². The number of para-hydroxylation sites is 2.